The third-order valence-electron chi connectivity index (χ3n) is 6.73. The van der Waals surface area contributed by atoms with Crippen molar-refractivity contribution in [2.24, 2.45) is 5.92 Å². The number of carboxylic acid groups (broad SMARTS) is 1. The van der Waals surface area contributed by atoms with Crippen molar-refractivity contribution in [3.63, 3.8) is 0 Å². The number of amides is 1. The van der Waals surface area contributed by atoms with E-state index < -0.39 is 23.9 Å². The molecule has 9 nitrogen and oxygen atoms in total. The molecule has 9 heteroatoms. The van der Waals surface area contributed by atoms with Gasteiger partial charge in [-0.1, -0.05) is 25.8 Å². The van der Waals surface area contributed by atoms with Crippen molar-refractivity contribution in [3.05, 3.63) is 46.6 Å². The van der Waals surface area contributed by atoms with Crippen LogP contribution in [0.3, 0.4) is 0 Å². The van der Waals surface area contributed by atoms with Gasteiger partial charge >= 0.3 is 11.9 Å². The summed E-state index contributed by atoms with van der Waals surface area (Å²) in [5.74, 6) is 3.74. The highest BCUT2D eigenvalue weighted by atomic mass is 16.5. The summed E-state index contributed by atoms with van der Waals surface area (Å²) >= 11 is 0. The third kappa shape index (κ3) is 6.95. The van der Waals surface area contributed by atoms with Crippen LogP contribution in [0, 0.1) is 37.0 Å². The maximum absolute atomic E-state index is 13.3. The van der Waals surface area contributed by atoms with Crippen LogP contribution in [-0.4, -0.2) is 54.2 Å². The lowest BCUT2D eigenvalue weighted by molar-refractivity contribution is -0.149. The summed E-state index contributed by atoms with van der Waals surface area (Å²) in [6.07, 6.45) is 1.76. The van der Waals surface area contributed by atoms with Gasteiger partial charge in [0, 0.05) is 13.5 Å². The number of pyridine rings is 1. The summed E-state index contributed by atoms with van der Waals surface area (Å²) < 4.78 is 11.2. The minimum Gasteiger partial charge on any atom is -0.481 e. The van der Waals surface area contributed by atoms with Gasteiger partial charge in [0.1, 0.15) is 17.6 Å². The highest BCUT2D eigenvalue weighted by Gasteiger charge is 2.33. The van der Waals surface area contributed by atoms with Gasteiger partial charge in [0.15, 0.2) is 0 Å². The number of carbonyl (C=O) groups is 2. The van der Waals surface area contributed by atoms with Gasteiger partial charge in [-0.2, -0.15) is 0 Å². The second-order valence-corrected chi connectivity index (χ2v) is 9.48. The van der Waals surface area contributed by atoms with Crippen molar-refractivity contribution in [2.75, 3.05) is 30.5 Å². The molecule has 2 unspecified atom stereocenters. The first-order valence-electron chi connectivity index (χ1n) is 13.4. The predicted octanol–water partition coefficient (Wildman–Crippen LogP) is 5.16. The fourth-order valence-electron chi connectivity index (χ4n) is 4.46. The first-order chi connectivity index (χ1) is 18.7. The van der Waals surface area contributed by atoms with E-state index in [9.17, 15) is 14.7 Å². The normalized spacial score (nSPS) is 18.0. The van der Waals surface area contributed by atoms with E-state index in [1.165, 1.54) is 4.90 Å². The van der Waals surface area contributed by atoms with Crippen LogP contribution in [0.5, 0.6) is 0 Å². The summed E-state index contributed by atoms with van der Waals surface area (Å²) in [7, 11) is 1.71. The molecule has 39 heavy (non-hydrogen) atoms. The second-order valence-electron chi connectivity index (χ2n) is 9.48. The number of nitrogens with zero attached hydrogens (tertiary/aromatic N) is 2. The number of rotatable bonds is 7. The van der Waals surface area contributed by atoms with Gasteiger partial charge in [-0.25, -0.2) is 4.98 Å². The zero-order valence-electron chi connectivity index (χ0n) is 23.6. The molecule has 0 bridgehead atoms. The lowest BCUT2D eigenvalue weighted by Crippen LogP contribution is -2.37. The van der Waals surface area contributed by atoms with Crippen LogP contribution >= 0.6 is 0 Å². The molecule has 1 aliphatic heterocycles. The van der Waals surface area contributed by atoms with Gasteiger partial charge in [0.05, 0.1) is 30.5 Å². The van der Waals surface area contributed by atoms with Crippen LogP contribution < -0.4 is 10.2 Å². The summed E-state index contributed by atoms with van der Waals surface area (Å²) in [6, 6.07) is 7.59. The van der Waals surface area contributed by atoms with E-state index in [0.717, 1.165) is 35.2 Å². The summed E-state index contributed by atoms with van der Waals surface area (Å²) in [5, 5.41) is 21.0. The van der Waals surface area contributed by atoms with Crippen LogP contribution in [0.2, 0.25) is 0 Å². The van der Waals surface area contributed by atoms with E-state index >= 15 is 0 Å². The lowest BCUT2D eigenvalue weighted by Gasteiger charge is -2.28. The van der Waals surface area contributed by atoms with Gasteiger partial charge in [-0.05, 0) is 80.3 Å². The molecule has 2 aliphatic rings. The number of hydrogen-bond acceptors (Lipinski definition) is 7. The summed E-state index contributed by atoms with van der Waals surface area (Å²) in [6.45, 7) is 9.98. The number of aliphatic carboxylic acids is 1. The number of carboxylic acids is 1. The molecule has 0 radical (unpaired) electrons. The molecule has 3 N–H and O–H groups in total. The molecule has 1 amide bonds. The predicted molar refractivity (Wildman–Crippen MR) is 152 cm³/mol. The zero-order chi connectivity index (χ0) is 28.7. The zero-order valence-corrected chi connectivity index (χ0v) is 23.6. The van der Waals surface area contributed by atoms with Crippen LogP contribution in [-0.2, 0) is 19.1 Å². The molecule has 4 rings (SSSR count). The minimum atomic E-state index is -0.957. The number of nitrogens with one attached hydrogen (secondary N) is 2. The average Bonchev–Trinajstić information content (AvgIpc) is 3.77. The monoisotopic (exact) mass is 534 g/mol. The Hall–Kier alpha value is -3.90. The Bertz CT molecular complexity index is 1290. The Morgan fingerprint density at radius 1 is 1.18 bits per heavy atom. The number of aryl methyl sites for hydroxylation is 2. The Labute approximate surface area is 230 Å². The lowest BCUT2D eigenvalue weighted by atomic mass is 9.99. The molecular weight excluding hydrogens is 496 g/mol. The van der Waals surface area contributed by atoms with Crippen LogP contribution in [0.15, 0.2) is 24.3 Å². The van der Waals surface area contributed by atoms with Crippen molar-refractivity contribution in [1.82, 2.24) is 4.98 Å². The number of ether oxygens (including phenoxy) is 2. The van der Waals surface area contributed by atoms with Crippen LogP contribution in [0.4, 0.5) is 17.2 Å². The van der Waals surface area contributed by atoms with Gasteiger partial charge < -0.3 is 19.9 Å². The molecule has 0 spiro atoms. The fourth-order valence-corrected chi connectivity index (χ4v) is 4.46. The van der Waals surface area contributed by atoms with Crippen LogP contribution in [0.25, 0.3) is 0 Å². The molecule has 2 fully saturated rings. The van der Waals surface area contributed by atoms with E-state index in [0.29, 0.717) is 17.4 Å². The molecule has 1 saturated heterocycles. The maximum atomic E-state index is 13.3. The number of carbonyl (C=O) groups excluding carboxylic acids is 1. The van der Waals surface area contributed by atoms with Crippen molar-refractivity contribution in [2.45, 2.75) is 65.9 Å². The standard InChI is InChI=1S/C28H32N4O5.C2H6/c1-5-6-25(33)32(23-12-17(3)16(2)11-21(23)18-7-8-18)24-10-9-22(30-4)26(31-24)27(29)37-20-13-19(28(34)35)14-36-15-20;1-2/h9-12,18-20,29-30H,7-8,13-15H2,1-4H3,(H,34,35);1-2H3. The van der Waals surface area contributed by atoms with Crippen molar-refractivity contribution >= 4 is 35.0 Å². The van der Waals surface area contributed by atoms with E-state index in [4.69, 9.17) is 14.9 Å². The van der Waals surface area contributed by atoms with E-state index in [2.05, 4.69) is 35.1 Å². The van der Waals surface area contributed by atoms with Crippen molar-refractivity contribution in [1.29, 1.82) is 5.41 Å². The Morgan fingerprint density at radius 2 is 1.87 bits per heavy atom. The van der Waals surface area contributed by atoms with E-state index in [1.54, 1.807) is 26.1 Å². The smallest absolute Gasteiger partial charge is 0.308 e. The number of anilines is 3. The SMILES string of the molecule is CC.CC#CC(=O)N(c1ccc(NC)c(C(=N)OC2COCC(C(=O)O)C2)n1)c1cc(C)c(C)cc1C1CC1. The highest BCUT2D eigenvalue weighted by Crippen LogP contribution is 2.46. The second kappa shape index (κ2) is 13.3. The van der Waals surface area contributed by atoms with E-state index in [1.807, 2.05) is 26.8 Å². The topological polar surface area (TPSA) is 125 Å². The van der Waals surface area contributed by atoms with Crippen LogP contribution in [0.1, 0.15) is 68.3 Å². The number of hydrogen-bond donors (Lipinski definition) is 3. The van der Waals surface area contributed by atoms with Gasteiger partial charge in [-0.15, -0.1) is 0 Å². The first kappa shape index (κ1) is 29.7. The third-order valence-corrected chi connectivity index (χ3v) is 6.73. The molecule has 1 aromatic carbocycles. The summed E-state index contributed by atoms with van der Waals surface area (Å²) in [5.41, 5.74) is 4.78. The first-order valence-corrected chi connectivity index (χ1v) is 13.4. The maximum Gasteiger partial charge on any atom is 0.308 e. The Kier molecular flexibility index (Phi) is 10.1. The Morgan fingerprint density at radius 3 is 2.49 bits per heavy atom. The number of aromatic nitrogens is 1. The quantitative estimate of drug-likeness (QED) is 0.254. The summed E-state index contributed by atoms with van der Waals surface area (Å²) in [4.78, 5) is 30.9. The molecule has 2 aromatic rings. The minimum absolute atomic E-state index is 0.118. The Balaban J connectivity index is 0.00000205. The van der Waals surface area contributed by atoms with Crippen molar-refractivity contribution < 1.29 is 24.2 Å². The molecule has 1 saturated carbocycles. The highest BCUT2D eigenvalue weighted by molar-refractivity contribution is 6.11. The van der Waals surface area contributed by atoms with Gasteiger partial charge in [0.25, 0.3) is 0 Å². The van der Waals surface area contributed by atoms with Crippen molar-refractivity contribution in [3.8, 4) is 11.8 Å². The molecule has 2 atom stereocenters. The van der Waals surface area contributed by atoms with Gasteiger partial charge in [-0.3, -0.25) is 19.9 Å². The number of benzene rings is 1. The molecule has 208 valence electrons. The molecular formula is C30H38N4O5. The molecule has 1 aromatic heterocycles. The van der Waals surface area contributed by atoms with Gasteiger partial charge in [0.2, 0.25) is 5.90 Å². The van der Waals surface area contributed by atoms with E-state index in [-0.39, 0.29) is 31.2 Å². The molecule has 2 heterocycles. The molecule has 1 aliphatic carbocycles. The largest absolute Gasteiger partial charge is 0.481 e. The fraction of sp³-hybridized carbons (Fsp3) is 0.467. The average molecular weight is 535 g/mol.